The Morgan fingerprint density at radius 2 is 2.00 bits per heavy atom. The normalized spacial score (nSPS) is 12.0. The van der Waals surface area contributed by atoms with Gasteiger partial charge in [0.2, 0.25) is 0 Å². The van der Waals surface area contributed by atoms with Gasteiger partial charge in [-0.25, -0.2) is 4.39 Å². The van der Waals surface area contributed by atoms with Crippen LogP contribution in [0, 0.1) is 5.82 Å². The molecule has 2 aromatic rings. The Balaban J connectivity index is 2.21. The second-order valence-electron chi connectivity index (χ2n) is 4.41. The Hall–Kier alpha value is -1.75. The molecule has 0 spiro atoms. The lowest BCUT2D eigenvalue weighted by Gasteiger charge is -2.18. The fourth-order valence-corrected chi connectivity index (χ4v) is 2.27. The van der Waals surface area contributed by atoms with Gasteiger partial charge in [-0.1, -0.05) is 15.9 Å². The minimum atomic E-state index is -0.348. The monoisotopic (exact) mass is 339 g/mol. The van der Waals surface area contributed by atoms with E-state index in [0.717, 1.165) is 0 Å². The lowest BCUT2D eigenvalue weighted by Crippen LogP contribution is -2.08. The van der Waals surface area contributed by atoms with Crippen LogP contribution in [0.25, 0.3) is 0 Å². The maximum absolute atomic E-state index is 13.8. The van der Waals surface area contributed by atoms with Crippen molar-refractivity contribution < 1.29 is 14.2 Å². The van der Waals surface area contributed by atoms with Crippen LogP contribution < -0.4 is 10.1 Å². The van der Waals surface area contributed by atoms with Crippen LogP contribution in [-0.2, 0) is 0 Å². The van der Waals surface area contributed by atoms with Crippen LogP contribution in [0.1, 0.15) is 18.5 Å². The van der Waals surface area contributed by atoms with Gasteiger partial charge < -0.3 is 15.2 Å². The van der Waals surface area contributed by atoms with E-state index in [-0.39, 0.29) is 17.6 Å². The fraction of sp³-hybridized carbons (Fsp3) is 0.200. The van der Waals surface area contributed by atoms with E-state index in [9.17, 15) is 9.50 Å². The smallest absolute Gasteiger partial charge is 0.147 e. The zero-order valence-corrected chi connectivity index (χ0v) is 12.7. The Kier molecular flexibility index (Phi) is 4.49. The van der Waals surface area contributed by atoms with Crippen molar-refractivity contribution in [3.05, 3.63) is 52.3 Å². The third-order valence-electron chi connectivity index (χ3n) is 3.01. The van der Waals surface area contributed by atoms with Gasteiger partial charge in [-0.05, 0) is 37.3 Å². The van der Waals surface area contributed by atoms with Gasteiger partial charge in [0.1, 0.15) is 17.3 Å². The third kappa shape index (κ3) is 3.22. The zero-order chi connectivity index (χ0) is 14.7. The van der Waals surface area contributed by atoms with Gasteiger partial charge in [-0.2, -0.15) is 0 Å². The minimum absolute atomic E-state index is 0.113. The molecule has 1 unspecified atom stereocenters. The van der Waals surface area contributed by atoms with Crippen molar-refractivity contribution >= 4 is 21.6 Å². The molecule has 0 aliphatic rings. The van der Waals surface area contributed by atoms with E-state index in [1.807, 2.05) is 6.92 Å². The second kappa shape index (κ2) is 6.13. The van der Waals surface area contributed by atoms with Crippen molar-refractivity contribution in [2.75, 3.05) is 12.4 Å². The molecule has 2 N–H and O–H groups in total. The van der Waals surface area contributed by atoms with Crippen LogP contribution in [-0.4, -0.2) is 12.2 Å². The topological polar surface area (TPSA) is 41.5 Å². The lowest BCUT2D eigenvalue weighted by atomic mass is 10.1. The molecule has 0 aromatic heterocycles. The highest BCUT2D eigenvalue weighted by Crippen LogP contribution is 2.31. The average Bonchev–Trinajstić information content (AvgIpc) is 2.41. The standard InChI is InChI=1S/C15H15BrFNO2/c1-9(12-5-4-11(20-2)8-15(12)19)18-14-6-3-10(16)7-13(14)17/h3-9,18-19H,1-2H3. The van der Waals surface area contributed by atoms with Gasteiger partial charge in [-0.3, -0.25) is 0 Å². The summed E-state index contributed by atoms with van der Waals surface area (Å²) < 4.78 is 19.5. The molecule has 0 aliphatic carbocycles. The summed E-state index contributed by atoms with van der Waals surface area (Å²) in [4.78, 5) is 0. The summed E-state index contributed by atoms with van der Waals surface area (Å²) >= 11 is 3.21. The van der Waals surface area contributed by atoms with E-state index in [2.05, 4.69) is 21.2 Å². The highest BCUT2D eigenvalue weighted by Gasteiger charge is 2.13. The number of hydrogen-bond donors (Lipinski definition) is 2. The Bertz CT molecular complexity index is 619. The largest absolute Gasteiger partial charge is 0.507 e. The summed E-state index contributed by atoms with van der Waals surface area (Å²) in [6.45, 7) is 1.85. The Labute approximate surface area is 125 Å². The predicted octanol–water partition coefficient (Wildman–Crippen LogP) is 4.48. The number of ether oxygens (including phenoxy) is 1. The molecule has 1 atom stereocenters. The molecule has 2 aromatic carbocycles. The van der Waals surface area contributed by atoms with Gasteiger partial charge in [0, 0.05) is 16.1 Å². The molecule has 2 rings (SSSR count). The van der Waals surface area contributed by atoms with Crippen LogP contribution in [0.3, 0.4) is 0 Å². The van der Waals surface area contributed by atoms with E-state index >= 15 is 0 Å². The molecule has 5 heteroatoms. The number of methoxy groups -OCH3 is 1. The van der Waals surface area contributed by atoms with Crippen molar-refractivity contribution in [1.29, 1.82) is 0 Å². The molecule has 0 radical (unpaired) electrons. The summed E-state index contributed by atoms with van der Waals surface area (Å²) in [5, 5.41) is 13.0. The molecule has 20 heavy (non-hydrogen) atoms. The average molecular weight is 340 g/mol. The van der Waals surface area contributed by atoms with Crippen LogP contribution in [0.4, 0.5) is 10.1 Å². The van der Waals surface area contributed by atoms with E-state index in [1.54, 1.807) is 24.3 Å². The summed E-state index contributed by atoms with van der Waals surface area (Å²) in [5.74, 6) is 0.342. The van der Waals surface area contributed by atoms with Crippen molar-refractivity contribution in [3.8, 4) is 11.5 Å². The first-order valence-electron chi connectivity index (χ1n) is 6.09. The quantitative estimate of drug-likeness (QED) is 0.863. The first-order valence-corrected chi connectivity index (χ1v) is 6.89. The SMILES string of the molecule is COc1ccc(C(C)Nc2ccc(Br)cc2F)c(O)c1. The molecular formula is C15H15BrFNO2. The third-order valence-corrected chi connectivity index (χ3v) is 3.50. The summed E-state index contributed by atoms with van der Waals surface area (Å²) in [5.41, 5.74) is 1.06. The van der Waals surface area contributed by atoms with Crippen molar-refractivity contribution in [3.63, 3.8) is 0 Å². The predicted molar refractivity (Wildman–Crippen MR) is 80.8 cm³/mol. The minimum Gasteiger partial charge on any atom is -0.507 e. The van der Waals surface area contributed by atoms with Crippen molar-refractivity contribution in [2.45, 2.75) is 13.0 Å². The molecule has 0 aliphatic heterocycles. The summed E-state index contributed by atoms with van der Waals surface area (Å²) in [7, 11) is 1.54. The second-order valence-corrected chi connectivity index (χ2v) is 5.33. The van der Waals surface area contributed by atoms with E-state index in [1.165, 1.54) is 19.2 Å². The number of rotatable bonds is 4. The first kappa shape index (κ1) is 14.7. The summed E-state index contributed by atoms with van der Waals surface area (Å²) in [6.07, 6.45) is 0. The van der Waals surface area contributed by atoms with E-state index in [0.29, 0.717) is 21.5 Å². The van der Waals surface area contributed by atoms with Gasteiger partial charge in [0.05, 0.1) is 18.8 Å². The molecule has 3 nitrogen and oxygen atoms in total. The first-order chi connectivity index (χ1) is 9.51. The number of phenolic OH excluding ortho intramolecular Hbond substituents is 1. The van der Waals surface area contributed by atoms with E-state index in [4.69, 9.17) is 4.74 Å². The molecule has 0 saturated carbocycles. The van der Waals surface area contributed by atoms with Gasteiger partial charge >= 0.3 is 0 Å². The fourth-order valence-electron chi connectivity index (χ4n) is 1.93. The van der Waals surface area contributed by atoms with Gasteiger partial charge in [0.15, 0.2) is 0 Å². The van der Waals surface area contributed by atoms with Crippen LogP contribution in [0.5, 0.6) is 11.5 Å². The molecule has 106 valence electrons. The van der Waals surface area contributed by atoms with Crippen molar-refractivity contribution in [1.82, 2.24) is 0 Å². The summed E-state index contributed by atoms with van der Waals surface area (Å²) in [6, 6.07) is 9.60. The highest BCUT2D eigenvalue weighted by molar-refractivity contribution is 9.10. The molecule has 0 bridgehead atoms. The lowest BCUT2D eigenvalue weighted by molar-refractivity contribution is 0.406. The number of phenols is 1. The van der Waals surface area contributed by atoms with E-state index < -0.39 is 0 Å². The molecular weight excluding hydrogens is 325 g/mol. The van der Waals surface area contributed by atoms with Crippen LogP contribution in [0.2, 0.25) is 0 Å². The number of halogens is 2. The van der Waals surface area contributed by atoms with Crippen LogP contribution >= 0.6 is 15.9 Å². The molecule has 0 fully saturated rings. The zero-order valence-electron chi connectivity index (χ0n) is 11.2. The number of benzene rings is 2. The van der Waals surface area contributed by atoms with Gasteiger partial charge in [0.25, 0.3) is 0 Å². The number of aromatic hydroxyl groups is 1. The number of nitrogens with one attached hydrogen (secondary N) is 1. The molecule has 0 heterocycles. The van der Waals surface area contributed by atoms with Gasteiger partial charge in [-0.15, -0.1) is 0 Å². The Morgan fingerprint density at radius 1 is 1.25 bits per heavy atom. The maximum Gasteiger partial charge on any atom is 0.147 e. The Morgan fingerprint density at radius 3 is 2.60 bits per heavy atom. The van der Waals surface area contributed by atoms with Crippen LogP contribution in [0.15, 0.2) is 40.9 Å². The number of anilines is 1. The molecule has 0 saturated heterocycles. The highest BCUT2D eigenvalue weighted by atomic mass is 79.9. The molecule has 0 amide bonds. The number of hydrogen-bond acceptors (Lipinski definition) is 3. The maximum atomic E-state index is 13.8. The van der Waals surface area contributed by atoms with Crippen molar-refractivity contribution in [2.24, 2.45) is 0 Å².